The molecular formula is C15H16N4O. The summed E-state index contributed by atoms with van der Waals surface area (Å²) in [5, 5.41) is 4.27. The predicted octanol–water partition coefficient (Wildman–Crippen LogP) is 1.67. The number of hydrogen-bond donors (Lipinski definition) is 0. The molecule has 3 rings (SSSR count). The van der Waals surface area contributed by atoms with Crippen LogP contribution in [0.3, 0.4) is 0 Å². The molecule has 1 aliphatic carbocycles. The minimum atomic E-state index is -0.0607. The Morgan fingerprint density at radius 3 is 2.60 bits per heavy atom. The number of carbonyl (C=O) groups excluding carboxylic acids is 1. The molecule has 5 nitrogen and oxygen atoms in total. The van der Waals surface area contributed by atoms with Crippen LogP contribution in [0, 0.1) is 6.92 Å². The van der Waals surface area contributed by atoms with E-state index in [1.54, 1.807) is 14.1 Å². The predicted molar refractivity (Wildman–Crippen MR) is 77.3 cm³/mol. The fourth-order valence-corrected chi connectivity index (χ4v) is 2.29. The number of hydrogen-bond acceptors (Lipinski definition) is 4. The second-order valence-corrected chi connectivity index (χ2v) is 4.28. The van der Waals surface area contributed by atoms with Crippen LogP contribution in [0.2, 0.25) is 0 Å². The summed E-state index contributed by atoms with van der Waals surface area (Å²) in [5.74, 6) is -0.0607. The number of benzene rings is 1. The van der Waals surface area contributed by atoms with Crippen molar-refractivity contribution in [1.82, 2.24) is 14.8 Å². The van der Waals surface area contributed by atoms with Crippen LogP contribution in [0.5, 0.6) is 0 Å². The molecule has 1 heterocycles. The van der Waals surface area contributed by atoms with Crippen molar-refractivity contribution in [3.8, 4) is 11.3 Å². The summed E-state index contributed by atoms with van der Waals surface area (Å²) in [4.78, 5) is 20.7. The molecule has 0 saturated carbocycles. The molecule has 0 unspecified atom stereocenters. The molecule has 0 bridgehead atoms. The summed E-state index contributed by atoms with van der Waals surface area (Å²) in [5.41, 5.74) is 4.16. The Bertz CT molecular complexity index is 759. The van der Waals surface area contributed by atoms with Crippen LogP contribution in [-0.4, -0.2) is 27.6 Å². The smallest absolute Gasteiger partial charge is 0.241 e. The van der Waals surface area contributed by atoms with Crippen molar-refractivity contribution >= 4 is 5.78 Å². The van der Waals surface area contributed by atoms with Crippen LogP contribution in [0.1, 0.15) is 21.6 Å². The highest BCUT2D eigenvalue weighted by atomic mass is 16.1. The maximum Gasteiger partial charge on any atom is 0.241 e. The largest absolute Gasteiger partial charge is 0.287 e. The first kappa shape index (κ1) is 13.9. The first-order valence-corrected chi connectivity index (χ1v) is 6.16. The van der Waals surface area contributed by atoms with E-state index >= 15 is 0 Å². The summed E-state index contributed by atoms with van der Waals surface area (Å²) in [6.45, 7) is 7.97. The fourth-order valence-electron chi connectivity index (χ4n) is 2.29. The van der Waals surface area contributed by atoms with Gasteiger partial charge in [-0.15, -0.1) is 13.2 Å². The molecule has 0 radical (unpaired) electrons. The third-order valence-electron chi connectivity index (χ3n) is 3.14. The number of aromatic nitrogens is 3. The monoisotopic (exact) mass is 268 g/mol. The van der Waals surface area contributed by atoms with E-state index in [1.807, 2.05) is 25.1 Å². The zero-order chi connectivity index (χ0) is 14.9. The van der Waals surface area contributed by atoms with Crippen LogP contribution in [0.4, 0.5) is 0 Å². The molecule has 2 aromatic rings. The number of rotatable bonds is 0. The maximum atomic E-state index is 12.2. The van der Waals surface area contributed by atoms with E-state index in [2.05, 4.69) is 28.2 Å². The number of carbonyl (C=O) groups is 1. The Morgan fingerprint density at radius 1 is 1.25 bits per heavy atom. The van der Waals surface area contributed by atoms with Crippen molar-refractivity contribution in [2.24, 2.45) is 12.0 Å². The van der Waals surface area contributed by atoms with E-state index < -0.39 is 0 Å². The third-order valence-corrected chi connectivity index (χ3v) is 3.14. The summed E-state index contributed by atoms with van der Waals surface area (Å²) < 4.78 is 1.53. The first-order valence-electron chi connectivity index (χ1n) is 6.16. The van der Waals surface area contributed by atoms with Gasteiger partial charge in [-0.25, -0.2) is 9.67 Å². The van der Waals surface area contributed by atoms with Crippen LogP contribution < -0.4 is 5.62 Å². The fraction of sp³-hybridized carbons (Fsp3) is 0.200. The van der Waals surface area contributed by atoms with Gasteiger partial charge in [-0.2, -0.15) is 5.10 Å². The van der Waals surface area contributed by atoms with Gasteiger partial charge in [0, 0.05) is 25.2 Å². The molecule has 0 spiro atoms. The molecule has 0 N–H and O–H groups in total. The van der Waals surface area contributed by atoms with Crippen molar-refractivity contribution in [1.29, 1.82) is 0 Å². The molecule has 0 atom stereocenters. The van der Waals surface area contributed by atoms with E-state index in [9.17, 15) is 4.79 Å². The van der Waals surface area contributed by atoms with Crippen molar-refractivity contribution in [3.05, 3.63) is 53.8 Å². The minimum absolute atomic E-state index is 0.0607. The second-order valence-electron chi connectivity index (χ2n) is 4.28. The number of fused-ring (bicyclic) bond motifs is 3. The van der Waals surface area contributed by atoms with Crippen LogP contribution in [-0.2, 0) is 7.05 Å². The third kappa shape index (κ3) is 1.87. The summed E-state index contributed by atoms with van der Waals surface area (Å²) in [6.07, 6.45) is 0. The normalized spacial score (nSPS) is 12.6. The topological polar surface area (TPSA) is 60.1 Å². The van der Waals surface area contributed by atoms with E-state index in [-0.39, 0.29) is 5.78 Å². The van der Waals surface area contributed by atoms with Gasteiger partial charge in [0.25, 0.3) is 0 Å². The average molecular weight is 268 g/mol. The van der Waals surface area contributed by atoms with Crippen LogP contribution in [0.25, 0.3) is 11.3 Å². The molecule has 102 valence electrons. The van der Waals surface area contributed by atoms with Crippen molar-refractivity contribution in [3.63, 3.8) is 0 Å². The Hall–Kier alpha value is -2.56. The first-order chi connectivity index (χ1) is 9.63. The van der Waals surface area contributed by atoms with E-state index in [0.717, 1.165) is 11.1 Å². The van der Waals surface area contributed by atoms with Gasteiger partial charge >= 0.3 is 0 Å². The lowest BCUT2D eigenvalue weighted by atomic mass is 10.0. The van der Waals surface area contributed by atoms with Crippen LogP contribution in [0.15, 0.2) is 36.3 Å². The highest BCUT2D eigenvalue weighted by Crippen LogP contribution is 2.35. The van der Waals surface area contributed by atoms with Gasteiger partial charge in [0.05, 0.1) is 0 Å². The number of ketones is 1. The molecule has 0 saturated heterocycles. The highest BCUT2D eigenvalue weighted by molar-refractivity contribution is 6.20. The Kier molecular flexibility index (Phi) is 3.61. The molecule has 1 aliphatic rings. The molecule has 1 aromatic carbocycles. The van der Waals surface area contributed by atoms with Gasteiger partial charge in [0.15, 0.2) is 5.69 Å². The van der Waals surface area contributed by atoms with E-state index in [1.165, 1.54) is 4.68 Å². The zero-order valence-corrected chi connectivity index (χ0v) is 11.8. The number of nitrogens with zero attached hydrogens (tertiary/aromatic N) is 4. The average Bonchev–Trinajstić information content (AvgIpc) is 2.75. The maximum absolute atomic E-state index is 12.2. The summed E-state index contributed by atoms with van der Waals surface area (Å²) >= 11 is 0. The molecule has 1 aromatic heterocycles. The van der Waals surface area contributed by atoms with Gasteiger partial charge < -0.3 is 0 Å². The minimum Gasteiger partial charge on any atom is -0.287 e. The lowest BCUT2D eigenvalue weighted by Gasteiger charge is -2.03. The standard InChI is InChI=1S/C13H12N4O.C2H4/c1-7-5-4-6-8-9(7)10-11(12(8)18)16-17(3)13(14-2)15-10;1-2/h4-6H,1-3H3;1-2H2. The van der Waals surface area contributed by atoms with Crippen molar-refractivity contribution in [2.45, 2.75) is 6.92 Å². The lowest BCUT2D eigenvalue weighted by Crippen LogP contribution is -2.26. The lowest BCUT2D eigenvalue weighted by molar-refractivity contribution is 0.103. The Labute approximate surface area is 117 Å². The molecule has 0 fully saturated rings. The number of aryl methyl sites for hydroxylation is 2. The van der Waals surface area contributed by atoms with Crippen molar-refractivity contribution < 1.29 is 4.79 Å². The quantitative estimate of drug-likeness (QED) is 0.583. The Morgan fingerprint density at radius 2 is 1.95 bits per heavy atom. The van der Waals surface area contributed by atoms with Gasteiger partial charge in [-0.3, -0.25) is 9.79 Å². The Balaban J connectivity index is 0.000000704. The molecule has 0 aliphatic heterocycles. The SMILES string of the molecule is C=C.CN=c1nc2c(nn1C)C(=O)c1cccc(C)c1-2. The molecule has 5 heteroatoms. The highest BCUT2D eigenvalue weighted by Gasteiger charge is 2.31. The van der Waals surface area contributed by atoms with Gasteiger partial charge in [0.2, 0.25) is 11.4 Å². The second kappa shape index (κ2) is 5.21. The van der Waals surface area contributed by atoms with E-state index in [0.29, 0.717) is 22.6 Å². The molecule has 0 amide bonds. The van der Waals surface area contributed by atoms with Gasteiger partial charge in [-0.05, 0) is 12.5 Å². The zero-order valence-electron chi connectivity index (χ0n) is 11.8. The molecular weight excluding hydrogens is 252 g/mol. The van der Waals surface area contributed by atoms with Gasteiger partial charge in [0.1, 0.15) is 5.69 Å². The van der Waals surface area contributed by atoms with Gasteiger partial charge in [-0.1, -0.05) is 18.2 Å². The summed E-state index contributed by atoms with van der Waals surface area (Å²) in [6, 6.07) is 5.67. The van der Waals surface area contributed by atoms with Crippen LogP contribution >= 0.6 is 0 Å². The molecule has 20 heavy (non-hydrogen) atoms. The van der Waals surface area contributed by atoms with E-state index in [4.69, 9.17) is 0 Å². The van der Waals surface area contributed by atoms with Crippen molar-refractivity contribution in [2.75, 3.05) is 7.05 Å². The summed E-state index contributed by atoms with van der Waals surface area (Å²) in [7, 11) is 3.39.